The summed E-state index contributed by atoms with van der Waals surface area (Å²) in [6.45, 7) is 11.2. The minimum atomic E-state index is -0.786. The summed E-state index contributed by atoms with van der Waals surface area (Å²) in [6.07, 6.45) is 5.98. The van der Waals surface area contributed by atoms with Gasteiger partial charge in [-0.25, -0.2) is 0 Å². The van der Waals surface area contributed by atoms with Crippen LogP contribution < -0.4 is 4.90 Å². The summed E-state index contributed by atoms with van der Waals surface area (Å²) < 4.78 is -0.786. The Morgan fingerprint density at radius 1 is 1.09 bits per heavy atom. The molecular weight excluding hydrogens is 674 g/mol. The fraction of sp³-hybridized carbons (Fsp3) is 0.457. The molecule has 0 radical (unpaired) electrons. The number of anilines is 1. The van der Waals surface area contributed by atoms with Crippen LogP contribution in [0.1, 0.15) is 36.8 Å². The van der Waals surface area contributed by atoms with Gasteiger partial charge in [0.05, 0.1) is 27.3 Å². The number of carbonyl (C=O) groups is 3. The van der Waals surface area contributed by atoms with E-state index in [9.17, 15) is 19.5 Å². The van der Waals surface area contributed by atoms with Crippen molar-refractivity contribution in [2.24, 2.45) is 11.8 Å². The maximum atomic E-state index is 14.9. The monoisotopic (exact) mass is 713 g/mol. The Bertz CT molecular complexity index is 1420. The second kappa shape index (κ2) is 14.4. The van der Waals surface area contributed by atoms with E-state index in [1.807, 2.05) is 49.4 Å². The molecule has 5 rings (SSSR count). The number of amides is 3. The van der Waals surface area contributed by atoms with Gasteiger partial charge in [-0.15, -0.1) is 24.9 Å². The fourth-order valence-corrected chi connectivity index (χ4v) is 11.4. The van der Waals surface area contributed by atoms with Gasteiger partial charge in [-0.05, 0) is 49.8 Å². The summed E-state index contributed by atoms with van der Waals surface area (Å²) in [5.41, 5.74) is 2.46. The highest BCUT2D eigenvalue weighted by molar-refractivity contribution is 9.09. The highest BCUT2D eigenvalue weighted by Crippen LogP contribution is 2.68. The van der Waals surface area contributed by atoms with Crippen molar-refractivity contribution in [3.8, 4) is 0 Å². The molecule has 0 saturated carbocycles. The van der Waals surface area contributed by atoms with E-state index in [1.54, 1.807) is 44.7 Å². The predicted molar refractivity (Wildman–Crippen MR) is 186 cm³/mol. The first-order chi connectivity index (χ1) is 21.7. The number of fused-ring (bicyclic) bond motifs is 1. The third-order valence-electron chi connectivity index (χ3n) is 9.28. The van der Waals surface area contributed by atoms with Crippen molar-refractivity contribution >= 4 is 62.7 Å². The predicted octanol–water partition coefficient (Wildman–Crippen LogP) is 6.01. The van der Waals surface area contributed by atoms with Gasteiger partial charge in [0.15, 0.2) is 0 Å². The van der Waals surface area contributed by atoms with Crippen molar-refractivity contribution in [3.05, 3.63) is 90.0 Å². The number of hydrogen-bond acceptors (Lipinski definition) is 5. The molecule has 45 heavy (non-hydrogen) atoms. The normalized spacial score (nSPS) is 26.5. The summed E-state index contributed by atoms with van der Waals surface area (Å²) in [5.74, 6) is -1.66. The van der Waals surface area contributed by atoms with Crippen LogP contribution in [0.2, 0.25) is 5.02 Å². The molecule has 3 fully saturated rings. The Kier molecular flexibility index (Phi) is 10.8. The minimum absolute atomic E-state index is 0.0395. The van der Waals surface area contributed by atoms with Crippen LogP contribution >= 0.6 is 39.3 Å². The van der Waals surface area contributed by atoms with Gasteiger partial charge in [-0.2, -0.15) is 0 Å². The van der Waals surface area contributed by atoms with Crippen LogP contribution in [0.25, 0.3) is 0 Å². The number of hydrogen-bond donors (Lipinski definition) is 1. The van der Waals surface area contributed by atoms with Gasteiger partial charge >= 0.3 is 0 Å². The number of alkyl halides is 1. The lowest BCUT2D eigenvalue weighted by molar-refractivity contribution is -0.144. The van der Waals surface area contributed by atoms with Crippen LogP contribution in [0.3, 0.4) is 0 Å². The molecule has 6 atom stereocenters. The van der Waals surface area contributed by atoms with Crippen molar-refractivity contribution in [3.63, 3.8) is 0 Å². The average molecular weight is 715 g/mol. The second-order valence-corrected chi connectivity index (χ2v) is 15.2. The van der Waals surface area contributed by atoms with Gasteiger partial charge in [-0.3, -0.25) is 14.4 Å². The molecule has 2 bridgehead atoms. The molecular formula is C35H41BrClN3O4S. The standard InChI is InChI=1S/C35H41BrClN3O4S/c1-4-17-38(22-24-14-8-6-9-15-24)32(42)27-28-33(43)40(19-10-7-11-20-41)31(35(28)21-25(36)30(27)45-35)34(44)39(18-5-2)29-23(3)13-12-16-26(29)37/h4-6,8-9,12-16,25,27-28,30-31,41H,1-2,7,10-11,17-22H2,3H3/t25?,27-,28-,30-,31?,35?/m0/s1. The smallest absolute Gasteiger partial charge is 0.251 e. The number of benzene rings is 2. The third-order valence-corrected chi connectivity index (χ3v) is 12.8. The number of unbranched alkanes of at least 4 members (excludes halogenated alkanes) is 2. The second-order valence-electron chi connectivity index (χ2n) is 12.1. The van der Waals surface area contributed by atoms with E-state index in [0.717, 1.165) is 17.5 Å². The van der Waals surface area contributed by atoms with Gasteiger partial charge in [0.25, 0.3) is 5.91 Å². The van der Waals surface area contributed by atoms with E-state index in [0.29, 0.717) is 49.6 Å². The van der Waals surface area contributed by atoms with Crippen molar-refractivity contribution in [1.82, 2.24) is 9.80 Å². The molecule has 0 aliphatic carbocycles. The van der Waals surface area contributed by atoms with Crippen molar-refractivity contribution in [2.45, 2.75) is 60.0 Å². The zero-order valence-corrected chi connectivity index (χ0v) is 28.8. The number of para-hydroxylation sites is 1. The molecule has 3 amide bonds. The van der Waals surface area contributed by atoms with Gasteiger partial charge in [0.2, 0.25) is 11.8 Å². The Hall–Kier alpha value is -2.59. The largest absolute Gasteiger partial charge is 0.396 e. The van der Waals surface area contributed by atoms with Crippen LogP contribution in [0.4, 0.5) is 5.69 Å². The number of likely N-dealkylation sites (tertiary alicyclic amines) is 1. The Morgan fingerprint density at radius 2 is 1.82 bits per heavy atom. The van der Waals surface area contributed by atoms with E-state index in [2.05, 4.69) is 29.1 Å². The van der Waals surface area contributed by atoms with Crippen LogP contribution in [0.5, 0.6) is 0 Å². The first-order valence-corrected chi connectivity index (χ1v) is 17.7. The van der Waals surface area contributed by atoms with E-state index in [4.69, 9.17) is 11.6 Å². The molecule has 1 spiro atoms. The molecule has 3 heterocycles. The summed E-state index contributed by atoms with van der Waals surface area (Å²) in [4.78, 5) is 49.2. The quantitative estimate of drug-likeness (QED) is 0.147. The Balaban J connectivity index is 1.56. The van der Waals surface area contributed by atoms with Crippen LogP contribution in [-0.2, 0) is 20.9 Å². The van der Waals surface area contributed by atoms with Gasteiger partial charge in [0.1, 0.15) is 6.04 Å². The summed E-state index contributed by atoms with van der Waals surface area (Å²) in [5, 5.41) is 9.68. The first-order valence-electron chi connectivity index (χ1n) is 15.5. The van der Waals surface area contributed by atoms with E-state index in [1.165, 1.54) is 0 Å². The lowest BCUT2D eigenvalue weighted by Gasteiger charge is -2.39. The topological polar surface area (TPSA) is 81.2 Å². The number of rotatable bonds is 14. The molecule has 7 nitrogen and oxygen atoms in total. The zero-order valence-electron chi connectivity index (χ0n) is 25.6. The molecule has 3 aliphatic heterocycles. The van der Waals surface area contributed by atoms with Crippen LogP contribution in [0.15, 0.2) is 73.8 Å². The lowest BCUT2D eigenvalue weighted by atomic mass is 9.70. The Labute approximate surface area is 283 Å². The average Bonchev–Trinajstić information content (AvgIpc) is 3.61. The number of aliphatic hydroxyl groups is 1. The van der Waals surface area contributed by atoms with Gasteiger partial charge < -0.3 is 19.8 Å². The molecule has 240 valence electrons. The summed E-state index contributed by atoms with van der Waals surface area (Å²) in [6, 6.07) is 14.6. The number of halogens is 2. The van der Waals surface area contributed by atoms with E-state index >= 15 is 0 Å². The third kappa shape index (κ3) is 6.25. The molecule has 2 aromatic rings. The van der Waals surface area contributed by atoms with Gasteiger partial charge in [0, 0.05) is 42.9 Å². The Morgan fingerprint density at radius 3 is 2.49 bits per heavy atom. The molecule has 3 saturated heterocycles. The van der Waals surface area contributed by atoms with Crippen LogP contribution in [-0.4, -0.2) is 79.7 Å². The summed E-state index contributed by atoms with van der Waals surface area (Å²) >= 11 is 12.2. The number of carbonyl (C=O) groups excluding carboxylic acids is 3. The van der Waals surface area contributed by atoms with Gasteiger partial charge in [-0.1, -0.05) is 82.1 Å². The molecule has 3 unspecified atom stereocenters. The molecule has 1 N–H and O–H groups in total. The number of nitrogens with zero attached hydrogens (tertiary/aromatic N) is 3. The van der Waals surface area contributed by atoms with Crippen molar-refractivity contribution in [1.29, 1.82) is 0 Å². The maximum Gasteiger partial charge on any atom is 0.251 e. The number of thioether (sulfide) groups is 1. The summed E-state index contributed by atoms with van der Waals surface area (Å²) in [7, 11) is 0. The highest BCUT2D eigenvalue weighted by atomic mass is 79.9. The fourth-order valence-electron chi connectivity index (χ4n) is 7.44. The number of aliphatic hydroxyl groups excluding tert-OH is 1. The van der Waals surface area contributed by atoms with E-state index < -0.39 is 22.6 Å². The SMILES string of the molecule is C=CCN(Cc1ccccc1)C(=O)[C@H]1[C@H]2C(=O)N(CCCCCO)C(C(=O)N(CC=C)c3c(C)cccc3Cl)C23CC(Br)[C@@H]1S3. The molecule has 0 aromatic heterocycles. The highest BCUT2D eigenvalue weighted by Gasteiger charge is 2.76. The molecule has 10 heteroatoms. The number of aryl methyl sites for hydroxylation is 1. The maximum absolute atomic E-state index is 14.9. The van der Waals surface area contributed by atoms with Crippen molar-refractivity contribution < 1.29 is 19.5 Å². The molecule has 3 aliphatic rings. The first kappa shape index (κ1) is 33.8. The van der Waals surface area contributed by atoms with E-state index in [-0.39, 0.29) is 41.0 Å². The van der Waals surface area contributed by atoms with Crippen LogP contribution in [0, 0.1) is 18.8 Å². The lowest BCUT2D eigenvalue weighted by Crippen LogP contribution is -2.56. The zero-order chi connectivity index (χ0) is 32.3. The van der Waals surface area contributed by atoms with Crippen molar-refractivity contribution in [2.75, 3.05) is 31.1 Å². The molecule has 2 aromatic carbocycles. The minimum Gasteiger partial charge on any atom is -0.396 e.